The first kappa shape index (κ1) is 47.6. The summed E-state index contributed by atoms with van der Waals surface area (Å²) < 4.78 is 58.5. The minimum atomic E-state index is -0.950. The summed E-state index contributed by atoms with van der Waals surface area (Å²) >= 11 is 0. The number of ether oxygens (including phenoxy) is 9. The zero-order valence-electron chi connectivity index (χ0n) is 38.4. The summed E-state index contributed by atoms with van der Waals surface area (Å²) in [5.74, 6) is 12.0. The number of hydrogen-bond acceptors (Lipinski definition) is 9. The summed E-state index contributed by atoms with van der Waals surface area (Å²) in [6, 6.07) is 61.5. The van der Waals surface area contributed by atoms with Gasteiger partial charge in [0.05, 0.1) is 39.6 Å². The zero-order chi connectivity index (χ0) is 46.8. The van der Waals surface area contributed by atoms with Crippen molar-refractivity contribution >= 4 is 0 Å². The van der Waals surface area contributed by atoms with E-state index in [0.29, 0.717) is 13.2 Å². The molecule has 6 aliphatic heterocycles. The summed E-state index contributed by atoms with van der Waals surface area (Å²) in [5, 5.41) is 0. The van der Waals surface area contributed by atoms with Gasteiger partial charge in [0.1, 0.15) is 48.8 Å². The van der Waals surface area contributed by atoms with Crippen molar-refractivity contribution in [2.75, 3.05) is 52.9 Å². The lowest BCUT2D eigenvalue weighted by Gasteiger charge is -2.39. The van der Waals surface area contributed by atoms with Crippen molar-refractivity contribution in [3.8, 4) is 23.7 Å². The first-order valence-corrected chi connectivity index (χ1v) is 23.5. The molecule has 0 fully saturated rings. The fraction of sp³-hybridized carbons (Fsp3) is 0.267. The molecule has 6 heterocycles. The van der Waals surface area contributed by atoms with Crippen molar-refractivity contribution in [3.63, 3.8) is 0 Å². The van der Waals surface area contributed by atoms with E-state index in [4.69, 9.17) is 42.6 Å². The van der Waals surface area contributed by atoms with E-state index in [-0.39, 0.29) is 39.6 Å². The van der Waals surface area contributed by atoms with Gasteiger partial charge in [-0.3, -0.25) is 0 Å². The second-order valence-electron chi connectivity index (χ2n) is 16.5. The van der Waals surface area contributed by atoms with Crippen LogP contribution in [0.5, 0.6) is 0 Å². The Kier molecular flexibility index (Phi) is 16.7. The van der Waals surface area contributed by atoms with Gasteiger partial charge < -0.3 is 42.6 Å². The summed E-state index contributed by atoms with van der Waals surface area (Å²) in [6.45, 7) is 1.76. The third-order valence-corrected chi connectivity index (χ3v) is 12.2. The van der Waals surface area contributed by atoms with Crippen molar-refractivity contribution in [2.24, 2.45) is 0 Å². The van der Waals surface area contributed by atoms with E-state index in [9.17, 15) is 0 Å². The highest BCUT2D eigenvalue weighted by Gasteiger charge is 2.42. The molecule has 0 N–H and O–H groups in total. The third kappa shape index (κ3) is 11.7. The van der Waals surface area contributed by atoms with Crippen LogP contribution in [0.3, 0.4) is 0 Å². The summed E-state index contributed by atoms with van der Waals surface area (Å²) in [5.41, 5.74) is 4.01. The van der Waals surface area contributed by atoms with E-state index >= 15 is 0 Å². The van der Waals surface area contributed by atoms with Crippen LogP contribution in [-0.2, 0) is 53.8 Å². The van der Waals surface area contributed by atoms with Gasteiger partial charge in [0.2, 0.25) is 0 Å². The molecule has 6 atom stereocenters. The van der Waals surface area contributed by atoms with E-state index < -0.39 is 48.2 Å². The lowest BCUT2D eigenvalue weighted by molar-refractivity contribution is -0.206. The molecule has 0 aromatic heterocycles. The van der Waals surface area contributed by atoms with E-state index in [0.717, 1.165) is 33.4 Å². The second kappa shape index (κ2) is 24.2. The molecule has 0 unspecified atom stereocenters. The number of rotatable bonds is 12. The van der Waals surface area contributed by atoms with Crippen LogP contribution < -0.4 is 0 Å². The smallest absolute Gasteiger partial charge is 0.177 e. The van der Waals surface area contributed by atoms with E-state index in [1.807, 2.05) is 133 Å². The van der Waals surface area contributed by atoms with Crippen LogP contribution in [0.25, 0.3) is 0 Å². The van der Waals surface area contributed by atoms with Gasteiger partial charge in [-0.25, -0.2) is 0 Å². The molecular weight excluding hydrogens is 865 g/mol. The van der Waals surface area contributed by atoms with Crippen LogP contribution in [0, 0.1) is 23.7 Å². The normalized spacial score (nSPS) is 22.4. The predicted molar refractivity (Wildman–Crippen MR) is 264 cm³/mol. The highest BCUT2D eigenvalue weighted by Crippen LogP contribution is 2.42. The molecule has 9 nitrogen and oxygen atoms in total. The highest BCUT2D eigenvalue weighted by molar-refractivity contribution is 5.49. The predicted octanol–water partition coefficient (Wildman–Crippen LogP) is 9.41. The SMILES string of the molecule is C1#CCO[C@H]2C=C[C@@H](OCCOCCO[C@@H]3C=C[C@H](OCC#C1)[C@@H](COC(c1ccccc1)(c1ccccc1)c1ccccc1)O3)O[C@@H]2COC(c1ccccc1)(c1ccccc1)c1ccccc1. The molecule has 0 radical (unpaired) electrons. The summed E-state index contributed by atoms with van der Waals surface area (Å²) in [4.78, 5) is 0. The van der Waals surface area contributed by atoms with Gasteiger partial charge in [-0.1, -0.05) is 206 Å². The van der Waals surface area contributed by atoms with Gasteiger partial charge in [0.25, 0.3) is 0 Å². The van der Waals surface area contributed by atoms with E-state index in [1.165, 1.54) is 0 Å². The first-order chi connectivity index (χ1) is 34.2. The maximum absolute atomic E-state index is 7.17. The Hall–Kier alpha value is -6.44. The molecule has 0 saturated heterocycles. The Morgan fingerprint density at radius 3 is 0.986 bits per heavy atom. The topological polar surface area (TPSA) is 83.1 Å². The quantitative estimate of drug-likeness (QED) is 0.0678. The molecule has 6 aliphatic rings. The van der Waals surface area contributed by atoms with Gasteiger partial charge in [-0.15, -0.1) is 0 Å². The average Bonchev–Trinajstić information content (AvgIpc) is 3.42. The Morgan fingerprint density at radius 2 is 0.681 bits per heavy atom. The van der Waals surface area contributed by atoms with Crippen LogP contribution in [0.2, 0.25) is 0 Å². The summed E-state index contributed by atoms with van der Waals surface area (Å²) in [7, 11) is 0. The molecular formula is C60H56O9. The van der Waals surface area contributed by atoms with E-state index in [2.05, 4.69) is 96.5 Å². The molecule has 6 aromatic carbocycles. The fourth-order valence-corrected chi connectivity index (χ4v) is 8.96. The van der Waals surface area contributed by atoms with Crippen LogP contribution in [0.4, 0.5) is 0 Å². The van der Waals surface area contributed by atoms with Crippen molar-refractivity contribution < 1.29 is 42.6 Å². The lowest BCUT2D eigenvalue weighted by atomic mass is 9.80. The molecule has 69 heavy (non-hydrogen) atoms. The molecule has 350 valence electrons. The van der Waals surface area contributed by atoms with Crippen LogP contribution in [0.1, 0.15) is 33.4 Å². The van der Waals surface area contributed by atoms with Gasteiger partial charge in [0, 0.05) is 0 Å². The highest BCUT2D eigenvalue weighted by atomic mass is 16.7. The molecule has 0 aliphatic carbocycles. The van der Waals surface area contributed by atoms with Crippen molar-refractivity contribution in [2.45, 2.75) is 48.2 Å². The third-order valence-electron chi connectivity index (χ3n) is 12.2. The Bertz CT molecular complexity index is 2280. The van der Waals surface area contributed by atoms with Crippen LogP contribution in [0.15, 0.2) is 206 Å². The van der Waals surface area contributed by atoms with Gasteiger partial charge in [-0.05, 0) is 57.4 Å². The minimum absolute atomic E-state index is 0.108. The number of benzene rings is 6. The van der Waals surface area contributed by atoms with E-state index in [1.54, 1.807) is 0 Å². The monoisotopic (exact) mass is 920 g/mol. The van der Waals surface area contributed by atoms with Gasteiger partial charge >= 0.3 is 0 Å². The molecule has 9 heteroatoms. The van der Waals surface area contributed by atoms with Crippen LogP contribution >= 0.6 is 0 Å². The molecule has 0 saturated carbocycles. The average molecular weight is 921 g/mol. The lowest BCUT2D eigenvalue weighted by Crippen LogP contribution is -2.44. The largest absolute Gasteiger partial charge is 0.377 e. The fourth-order valence-electron chi connectivity index (χ4n) is 8.96. The molecule has 4 bridgehead atoms. The second-order valence-corrected chi connectivity index (χ2v) is 16.5. The summed E-state index contributed by atoms with van der Waals surface area (Å²) in [6.07, 6.45) is 4.22. The minimum Gasteiger partial charge on any atom is -0.377 e. The van der Waals surface area contributed by atoms with Gasteiger partial charge in [0.15, 0.2) is 12.6 Å². The maximum atomic E-state index is 7.17. The van der Waals surface area contributed by atoms with Crippen molar-refractivity contribution in [1.29, 1.82) is 0 Å². The Balaban J connectivity index is 0.917. The van der Waals surface area contributed by atoms with Crippen molar-refractivity contribution in [1.82, 2.24) is 0 Å². The first-order valence-electron chi connectivity index (χ1n) is 23.5. The van der Waals surface area contributed by atoms with Crippen molar-refractivity contribution in [3.05, 3.63) is 240 Å². The standard InChI is InChI=1S/C60H56O9/c1-2-22-40-63-54-36-38-58(69-56(54)46-67-60(50-29-15-6-16-30-50,51-31-17-7-18-32-51)52-33-19-8-20-34-52)65-44-42-61-41-43-64-57-37-35-53(62-39-21-1)55(68-57)45-66-59(47-23-9-3-10-24-47,48-25-11-4-12-26-48)49-27-13-5-14-28-49/h3-20,23-38,53-58H,39-46H2/t53-,54-,55+,56+,57-,58-/m0/s1. The molecule has 6 aromatic rings. The maximum Gasteiger partial charge on any atom is 0.177 e. The van der Waals surface area contributed by atoms with Gasteiger partial charge in [-0.2, -0.15) is 0 Å². The molecule has 0 amide bonds. The van der Waals surface area contributed by atoms with Crippen LogP contribution in [-0.4, -0.2) is 89.9 Å². The number of hydrogen-bond donors (Lipinski definition) is 0. The zero-order valence-corrected chi connectivity index (χ0v) is 38.4. The Morgan fingerprint density at radius 1 is 0.377 bits per heavy atom. The molecule has 0 spiro atoms. The molecule has 12 rings (SSSR count). The Labute approximate surface area is 405 Å².